The van der Waals surface area contributed by atoms with Crippen LogP contribution in [0.3, 0.4) is 0 Å². The van der Waals surface area contributed by atoms with Crippen molar-refractivity contribution < 1.29 is 4.74 Å². The van der Waals surface area contributed by atoms with Gasteiger partial charge in [0.15, 0.2) is 0 Å². The molecule has 3 rings (SSSR count). The Morgan fingerprint density at radius 2 is 2.05 bits per heavy atom. The van der Waals surface area contributed by atoms with Gasteiger partial charge in [0.05, 0.1) is 16.2 Å². The van der Waals surface area contributed by atoms with Crippen LogP contribution in [0.25, 0.3) is 10.9 Å². The predicted octanol–water partition coefficient (Wildman–Crippen LogP) is 4.53. The Hall–Kier alpha value is -1.94. The topological polar surface area (TPSA) is 35.0 Å². The van der Waals surface area contributed by atoms with Crippen molar-refractivity contribution in [1.82, 2.24) is 9.97 Å². The number of rotatable bonds is 5. The summed E-state index contributed by atoms with van der Waals surface area (Å²) in [6, 6.07) is 10.0. The highest BCUT2D eigenvalue weighted by atomic mass is 32.1. The summed E-state index contributed by atoms with van der Waals surface area (Å²) in [5.74, 6) is 0.878. The minimum absolute atomic E-state index is 0.508. The van der Waals surface area contributed by atoms with Crippen molar-refractivity contribution in [2.75, 3.05) is 0 Å². The maximum Gasteiger partial charge on any atom is 0.131 e. The van der Waals surface area contributed by atoms with Gasteiger partial charge in [-0.05, 0) is 31.9 Å². The summed E-state index contributed by atoms with van der Waals surface area (Å²) < 4.78 is 5.98. The number of hydrogen-bond donors (Lipinski definition) is 0. The summed E-state index contributed by atoms with van der Waals surface area (Å²) in [6.07, 6.45) is 2.17. The molecule has 1 aromatic carbocycles. The summed E-state index contributed by atoms with van der Waals surface area (Å²) in [5, 5.41) is 4.32. The van der Waals surface area contributed by atoms with E-state index in [1.807, 2.05) is 37.3 Å². The first-order chi connectivity index (χ1) is 10.3. The average molecular weight is 298 g/mol. The van der Waals surface area contributed by atoms with Crippen molar-refractivity contribution in [1.29, 1.82) is 0 Å². The van der Waals surface area contributed by atoms with Crippen LogP contribution in [0.1, 0.15) is 29.7 Å². The largest absolute Gasteiger partial charge is 0.486 e. The highest BCUT2D eigenvalue weighted by Crippen LogP contribution is 2.26. The number of thiazole rings is 1. The van der Waals surface area contributed by atoms with Crippen molar-refractivity contribution in [2.24, 2.45) is 0 Å². The van der Waals surface area contributed by atoms with Gasteiger partial charge in [0.1, 0.15) is 12.4 Å². The molecular weight excluding hydrogens is 280 g/mol. The maximum absolute atomic E-state index is 5.98. The molecule has 0 N–H and O–H groups in total. The standard InChI is InChI=1S/C17H18N2OS/c1-3-6-17-19-13(11-21-17)10-20-16-9-12(2)18-15-8-5-4-7-14(15)16/h4-5,7-9,11H,3,6,10H2,1-2H3. The zero-order valence-electron chi connectivity index (χ0n) is 12.3. The molecule has 0 spiro atoms. The number of pyridine rings is 1. The number of para-hydroxylation sites is 1. The van der Waals surface area contributed by atoms with Gasteiger partial charge < -0.3 is 4.74 Å². The van der Waals surface area contributed by atoms with Crippen LogP contribution in [0.15, 0.2) is 35.7 Å². The molecule has 2 heterocycles. The Bertz CT molecular complexity index is 751. The lowest BCUT2D eigenvalue weighted by atomic mass is 10.2. The summed E-state index contributed by atoms with van der Waals surface area (Å²) in [7, 11) is 0. The van der Waals surface area contributed by atoms with Crippen molar-refractivity contribution in [3.05, 3.63) is 52.1 Å². The summed E-state index contributed by atoms with van der Waals surface area (Å²) in [6.45, 7) is 4.67. The number of benzene rings is 1. The molecule has 0 aliphatic rings. The Labute approximate surface area is 128 Å². The fraction of sp³-hybridized carbons (Fsp3) is 0.294. The first-order valence-corrected chi connectivity index (χ1v) is 8.06. The zero-order valence-corrected chi connectivity index (χ0v) is 13.1. The molecule has 0 bridgehead atoms. The van der Waals surface area contributed by atoms with E-state index in [4.69, 9.17) is 4.74 Å². The lowest BCUT2D eigenvalue weighted by Gasteiger charge is -2.09. The molecule has 0 fully saturated rings. The third kappa shape index (κ3) is 3.22. The molecule has 3 aromatic rings. The molecule has 0 atom stereocenters. The Morgan fingerprint density at radius 3 is 2.90 bits per heavy atom. The Morgan fingerprint density at radius 1 is 1.19 bits per heavy atom. The zero-order chi connectivity index (χ0) is 14.7. The molecule has 0 radical (unpaired) electrons. The van der Waals surface area contributed by atoms with E-state index in [0.717, 1.165) is 40.9 Å². The normalized spacial score (nSPS) is 11.0. The monoisotopic (exact) mass is 298 g/mol. The second kappa shape index (κ2) is 6.22. The molecule has 0 aliphatic carbocycles. The molecule has 0 unspecified atom stereocenters. The van der Waals surface area contributed by atoms with Crippen LogP contribution in [0.2, 0.25) is 0 Å². The van der Waals surface area contributed by atoms with Gasteiger partial charge >= 0.3 is 0 Å². The number of aromatic nitrogens is 2. The van der Waals surface area contributed by atoms with Crippen LogP contribution in [-0.4, -0.2) is 9.97 Å². The lowest BCUT2D eigenvalue weighted by molar-refractivity contribution is 0.305. The Kier molecular flexibility index (Phi) is 4.15. The number of ether oxygens (including phenoxy) is 1. The summed E-state index contributed by atoms with van der Waals surface area (Å²) in [4.78, 5) is 9.12. The van der Waals surface area contributed by atoms with Crippen molar-refractivity contribution in [3.8, 4) is 5.75 Å². The molecule has 0 saturated heterocycles. The van der Waals surface area contributed by atoms with E-state index in [1.165, 1.54) is 5.01 Å². The van der Waals surface area contributed by atoms with Gasteiger partial charge in [-0.15, -0.1) is 11.3 Å². The molecule has 21 heavy (non-hydrogen) atoms. The van der Waals surface area contributed by atoms with Gasteiger partial charge in [0.2, 0.25) is 0 Å². The summed E-state index contributed by atoms with van der Waals surface area (Å²) >= 11 is 1.71. The number of fused-ring (bicyclic) bond motifs is 1. The minimum atomic E-state index is 0.508. The average Bonchev–Trinajstić information content (AvgIpc) is 2.93. The van der Waals surface area contributed by atoms with Gasteiger partial charge in [-0.25, -0.2) is 4.98 Å². The van der Waals surface area contributed by atoms with E-state index in [1.54, 1.807) is 11.3 Å². The van der Waals surface area contributed by atoms with E-state index in [9.17, 15) is 0 Å². The molecule has 0 amide bonds. The molecule has 2 aromatic heterocycles. The third-order valence-electron chi connectivity index (χ3n) is 3.25. The number of nitrogens with zero attached hydrogens (tertiary/aromatic N) is 2. The van der Waals surface area contributed by atoms with Crippen molar-refractivity contribution in [3.63, 3.8) is 0 Å². The highest BCUT2D eigenvalue weighted by Gasteiger charge is 2.07. The van der Waals surface area contributed by atoms with E-state index in [0.29, 0.717) is 6.61 Å². The first kappa shape index (κ1) is 14.0. The maximum atomic E-state index is 5.98. The van der Waals surface area contributed by atoms with E-state index < -0.39 is 0 Å². The lowest BCUT2D eigenvalue weighted by Crippen LogP contribution is -1.98. The number of hydrogen-bond acceptors (Lipinski definition) is 4. The third-order valence-corrected chi connectivity index (χ3v) is 4.20. The molecule has 0 aliphatic heterocycles. The summed E-state index contributed by atoms with van der Waals surface area (Å²) in [5.41, 5.74) is 2.94. The first-order valence-electron chi connectivity index (χ1n) is 7.18. The molecule has 3 nitrogen and oxygen atoms in total. The second-order valence-electron chi connectivity index (χ2n) is 5.05. The van der Waals surface area contributed by atoms with Crippen LogP contribution >= 0.6 is 11.3 Å². The molecular formula is C17H18N2OS. The molecule has 0 saturated carbocycles. The van der Waals surface area contributed by atoms with Crippen molar-refractivity contribution >= 4 is 22.2 Å². The Balaban J connectivity index is 1.81. The minimum Gasteiger partial charge on any atom is -0.486 e. The fourth-order valence-corrected chi connectivity index (χ4v) is 3.17. The van der Waals surface area contributed by atoms with Crippen LogP contribution in [-0.2, 0) is 13.0 Å². The van der Waals surface area contributed by atoms with E-state index in [-0.39, 0.29) is 0 Å². The van der Waals surface area contributed by atoms with Gasteiger partial charge in [-0.3, -0.25) is 4.98 Å². The number of aryl methyl sites for hydroxylation is 2. The van der Waals surface area contributed by atoms with Crippen LogP contribution in [0, 0.1) is 6.92 Å². The molecule has 4 heteroatoms. The molecule has 108 valence electrons. The smallest absolute Gasteiger partial charge is 0.131 e. The van der Waals surface area contributed by atoms with Crippen LogP contribution < -0.4 is 4.74 Å². The van der Waals surface area contributed by atoms with Crippen LogP contribution in [0.5, 0.6) is 5.75 Å². The van der Waals surface area contributed by atoms with E-state index in [2.05, 4.69) is 22.3 Å². The van der Waals surface area contributed by atoms with Gasteiger partial charge in [-0.2, -0.15) is 0 Å². The predicted molar refractivity (Wildman–Crippen MR) is 86.9 cm³/mol. The van der Waals surface area contributed by atoms with E-state index >= 15 is 0 Å². The van der Waals surface area contributed by atoms with Gasteiger partial charge in [0.25, 0.3) is 0 Å². The second-order valence-corrected chi connectivity index (χ2v) is 5.99. The SMILES string of the molecule is CCCc1nc(COc2cc(C)nc3ccccc23)cs1. The fourth-order valence-electron chi connectivity index (χ4n) is 2.28. The van der Waals surface area contributed by atoms with Crippen LogP contribution in [0.4, 0.5) is 0 Å². The quantitative estimate of drug-likeness (QED) is 0.694. The van der Waals surface area contributed by atoms with Gasteiger partial charge in [0, 0.05) is 22.5 Å². The van der Waals surface area contributed by atoms with Gasteiger partial charge in [-0.1, -0.05) is 19.1 Å². The highest BCUT2D eigenvalue weighted by molar-refractivity contribution is 7.09. The van der Waals surface area contributed by atoms with Crippen molar-refractivity contribution in [2.45, 2.75) is 33.3 Å².